The van der Waals surface area contributed by atoms with Crippen LogP contribution in [0.4, 0.5) is 22.1 Å². The Morgan fingerprint density at radius 1 is 1.39 bits per heavy atom. The molecule has 0 unspecified atom stereocenters. The number of imidazole rings is 1. The smallest absolute Gasteiger partial charge is 0.329 e. The van der Waals surface area contributed by atoms with Gasteiger partial charge < -0.3 is 10.7 Å². The highest BCUT2D eigenvalue weighted by molar-refractivity contribution is 6.02. The molecule has 2 aromatic heterocycles. The van der Waals surface area contributed by atoms with Gasteiger partial charge in [-0.2, -0.15) is 0 Å². The molecule has 3 rings (SSSR count). The van der Waals surface area contributed by atoms with E-state index in [1.54, 1.807) is 14.1 Å². The molecular weight excluding hydrogens is 302 g/mol. The minimum Gasteiger partial charge on any atom is -0.383 e. The number of hydrogen-bond acceptors (Lipinski definition) is 6. The second kappa shape index (κ2) is 4.80. The van der Waals surface area contributed by atoms with Crippen LogP contribution in [0.1, 0.15) is 5.69 Å². The third-order valence-corrected chi connectivity index (χ3v) is 3.64. The molecule has 1 aliphatic rings. The lowest BCUT2D eigenvalue weighted by Crippen LogP contribution is -2.41. The van der Waals surface area contributed by atoms with Gasteiger partial charge in [0.2, 0.25) is 0 Å². The van der Waals surface area contributed by atoms with E-state index in [0.29, 0.717) is 17.2 Å². The molecule has 0 atom stereocenters. The largest absolute Gasteiger partial charge is 0.383 e. The number of carbonyl (C=O) groups excluding carboxylic acids is 1. The Morgan fingerprint density at radius 3 is 2.74 bits per heavy atom. The van der Waals surface area contributed by atoms with E-state index >= 15 is 0 Å². The Balaban J connectivity index is 2.16. The number of amides is 2. The van der Waals surface area contributed by atoms with Crippen molar-refractivity contribution in [2.24, 2.45) is 0 Å². The minimum atomic E-state index is -0.568. The van der Waals surface area contributed by atoms with E-state index in [-0.39, 0.29) is 28.9 Å². The summed E-state index contributed by atoms with van der Waals surface area (Å²) in [6.45, 7) is 3.85. The lowest BCUT2D eigenvalue weighted by atomic mass is 10.2. The number of H-pyrrole nitrogens is 1. The molecule has 3 N–H and O–H groups in total. The normalized spacial score (nSPS) is 14.2. The van der Waals surface area contributed by atoms with Crippen LogP contribution in [0, 0.1) is 10.1 Å². The number of nitrogens with one attached hydrogen (secondary N) is 1. The molecule has 1 aliphatic heterocycles. The molecule has 10 heteroatoms. The van der Waals surface area contributed by atoms with E-state index in [9.17, 15) is 14.9 Å². The summed E-state index contributed by atoms with van der Waals surface area (Å²) in [5, 5.41) is 10.9. The zero-order chi connectivity index (χ0) is 16.9. The number of rotatable bonds is 2. The first-order chi connectivity index (χ1) is 10.8. The average Bonchev–Trinajstić information content (AvgIpc) is 2.96. The third kappa shape index (κ3) is 2.08. The van der Waals surface area contributed by atoms with Crippen LogP contribution in [-0.2, 0) is 0 Å². The number of aromatic nitrogens is 3. The lowest BCUT2D eigenvalue weighted by Gasteiger charge is -2.30. The number of carbonyl (C=O) groups is 1. The van der Waals surface area contributed by atoms with Crippen molar-refractivity contribution >= 4 is 29.1 Å². The van der Waals surface area contributed by atoms with Gasteiger partial charge in [0, 0.05) is 20.2 Å². The van der Waals surface area contributed by atoms with Crippen molar-refractivity contribution in [1.29, 1.82) is 0 Å². The van der Waals surface area contributed by atoms with Crippen LogP contribution >= 0.6 is 0 Å². The Hall–Kier alpha value is -3.43. The minimum absolute atomic E-state index is 0.0923. The van der Waals surface area contributed by atoms with Gasteiger partial charge in [-0.3, -0.25) is 19.9 Å². The van der Waals surface area contributed by atoms with Crippen molar-refractivity contribution < 1.29 is 9.72 Å². The maximum atomic E-state index is 12.1. The van der Waals surface area contributed by atoms with E-state index in [4.69, 9.17) is 5.73 Å². The van der Waals surface area contributed by atoms with E-state index < -0.39 is 4.92 Å². The van der Waals surface area contributed by atoms with Crippen molar-refractivity contribution in [3.63, 3.8) is 0 Å². The van der Waals surface area contributed by atoms with Crippen molar-refractivity contribution in [3.8, 4) is 11.4 Å². The number of nitrogens with zero attached hydrogens (tertiary/aromatic N) is 5. The number of nitrogen functional groups attached to an aromatic ring is 1. The van der Waals surface area contributed by atoms with Crippen LogP contribution in [0.15, 0.2) is 18.8 Å². The van der Waals surface area contributed by atoms with Gasteiger partial charge in [0.25, 0.3) is 5.69 Å². The molecule has 10 nitrogen and oxygen atoms in total. The number of anilines is 2. The fraction of sp³-hybridized carbons (Fsp3) is 0.154. The third-order valence-electron chi connectivity index (χ3n) is 3.64. The summed E-state index contributed by atoms with van der Waals surface area (Å²) in [7, 11) is 3.16. The van der Waals surface area contributed by atoms with E-state index in [1.165, 1.54) is 15.9 Å². The second-order valence-electron chi connectivity index (χ2n) is 5.01. The topological polar surface area (TPSA) is 134 Å². The van der Waals surface area contributed by atoms with Gasteiger partial charge in [0.05, 0.1) is 16.2 Å². The van der Waals surface area contributed by atoms with Crippen LogP contribution < -0.4 is 10.6 Å². The Kier molecular flexibility index (Phi) is 3.03. The van der Waals surface area contributed by atoms with Crippen molar-refractivity contribution in [2.45, 2.75) is 0 Å². The number of hydrogen-bond donors (Lipinski definition) is 2. The monoisotopic (exact) mass is 315 g/mol. The van der Waals surface area contributed by atoms with Crippen molar-refractivity contribution in [1.82, 2.24) is 19.9 Å². The van der Waals surface area contributed by atoms with Gasteiger partial charge in [-0.25, -0.2) is 14.8 Å². The Labute approximate surface area is 130 Å². The Bertz CT molecular complexity index is 857. The molecule has 23 heavy (non-hydrogen) atoms. The molecule has 0 fully saturated rings. The zero-order valence-corrected chi connectivity index (χ0v) is 12.4. The van der Waals surface area contributed by atoms with Gasteiger partial charge in [-0.15, -0.1) is 0 Å². The van der Waals surface area contributed by atoms with Crippen LogP contribution in [0.5, 0.6) is 0 Å². The summed E-state index contributed by atoms with van der Waals surface area (Å²) >= 11 is 0. The molecule has 0 radical (unpaired) electrons. The standard InChI is InChI=1S/C13H13N7O3/c1-6-9-12(19(3)13(21)18(6)2)17-11(16-9)8-4-7(20(22)23)5-15-10(8)14/h4-5H,1H2,2-3H3,(H2,14,15)(H,16,17). The molecule has 0 spiro atoms. The fourth-order valence-corrected chi connectivity index (χ4v) is 2.29. The highest BCUT2D eigenvalue weighted by atomic mass is 16.6. The maximum absolute atomic E-state index is 12.1. The maximum Gasteiger partial charge on any atom is 0.329 e. The number of nitro groups is 1. The molecule has 2 aromatic rings. The zero-order valence-electron chi connectivity index (χ0n) is 12.4. The molecule has 0 saturated carbocycles. The molecule has 118 valence electrons. The van der Waals surface area contributed by atoms with Gasteiger partial charge >= 0.3 is 6.03 Å². The molecule has 0 aromatic carbocycles. The van der Waals surface area contributed by atoms with E-state index in [0.717, 1.165) is 6.20 Å². The number of nitrogens with two attached hydrogens (primary N) is 1. The van der Waals surface area contributed by atoms with Crippen molar-refractivity contribution in [2.75, 3.05) is 24.7 Å². The van der Waals surface area contributed by atoms with E-state index in [1.807, 2.05) is 0 Å². The first-order valence-corrected chi connectivity index (χ1v) is 6.52. The number of fused-ring (bicyclic) bond motifs is 1. The quantitative estimate of drug-likeness (QED) is 0.636. The van der Waals surface area contributed by atoms with Crippen LogP contribution in [0.3, 0.4) is 0 Å². The second-order valence-corrected chi connectivity index (χ2v) is 5.01. The molecule has 0 saturated heterocycles. The van der Waals surface area contributed by atoms with Gasteiger partial charge in [-0.05, 0) is 0 Å². The van der Waals surface area contributed by atoms with Gasteiger partial charge in [0.1, 0.15) is 23.5 Å². The van der Waals surface area contributed by atoms with Gasteiger partial charge in [0.15, 0.2) is 5.82 Å². The molecule has 3 heterocycles. The summed E-state index contributed by atoms with van der Waals surface area (Å²) in [5.74, 6) is 0.744. The predicted molar refractivity (Wildman–Crippen MR) is 83.5 cm³/mol. The number of urea groups is 1. The summed E-state index contributed by atoms with van der Waals surface area (Å²) in [6, 6.07) is 0.992. The number of aromatic amines is 1. The van der Waals surface area contributed by atoms with Crippen molar-refractivity contribution in [3.05, 3.63) is 34.7 Å². The molecule has 0 aliphatic carbocycles. The molecular formula is C13H13N7O3. The van der Waals surface area contributed by atoms with Crippen LogP contribution in [0.25, 0.3) is 17.1 Å². The summed E-state index contributed by atoms with van der Waals surface area (Å²) < 4.78 is 0. The highest BCUT2D eigenvalue weighted by Gasteiger charge is 2.32. The SMILES string of the molecule is C=C1c2[nH]c(-c3cc([N+](=O)[O-])cnc3N)nc2N(C)C(=O)N1C. The van der Waals surface area contributed by atoms with Crippen LogP contribution in [0.2, 0.25) is 0 Å². The number of pyridine rings is 1. The van der Waals surface area contributed by atoms with Gasteiger partial charge in [-0.1, -0.05) is 6.58 Å². The Morgan fingerprint density at radius 2 is 2.09 bits per heavy atom. The summed E-state index contributed by atoms with van der Waals surface area (Å²) in [6.07, 6.45) is 1.07. The average molecular weight is 315 g/mol. The first kappa shape index (κ1) is 14.5. The predicted octanol–water partition coefficient (Wildman–Crippen LogP) is 1.43. The van der Waals surface area contributed by atoms with Crippen LogP contribution in [-0.4, -0.2) is 44.9 Å². The first-order valence-electron chi connectivity index (χ1n) is 6.52. The fourth-order valence-electron chi connectivity index (χ4n) is 2.29. The van der Waals surface area contributed by atoms with E-state index in [2.05, 4.69) is 21.5 Å². The molecule has 0 bridgehead atoms. The summed E-state index contributed by atoms with van der Waals surface area (Å²) in [5.41, 5.74) is 6.85. The molecule has 2 amide bonds. The summed E-state index contributed by atoms with van der Waals surface area (Å²) in [4.78, 5) is 36.3. The lowest BCUT2D eigenvalue weighted by molar-refractivity contribution is -0.385. The highest BCUT2D eigenvalue weighted by Crippen LogP contribution is 2.35.